The third-order valence-corrected chi connectivity index (χ3v) is 8.47. The van der Waals surface area contributed by atoms with E-state index < -0.39 is 0 Å². The van der Waals surface area contributed by atoms with Crippen molar-refractivity contribution in [1.29, 1.82) is 0 Å². The van der Waals surface area contributed by atoms with Gasteiger partial charge in [0.05, 0.1) is 12.7 Å². The van der Waals surface area contributed by atoms with E-state index in [4.69, 9.17) is 4.74 Å². The molecule has 0 radical (unpaired) electrons. The van der Waals surface area contributed by atoms with Crippen molar-refractivity contribution >= 4 is 33.8 Å². The largest absolute Gasteiger partial charge is 0.497 e. The van der Waals surface area contributed by atoms with Crippen LogP contribution in [0.1, 0.15) is 84.7 Å². The fourth-order valence-electron chi connectivity index (χ4n) is 4.82. The van der Waals surface area contributed by atoms with Crippen molar-refractivity contribution in [3.05, 3.63) is 75.7 Å². The minimum atomic E-state index is -0.204. The van der Waals surface area contributed by atoms with Crippen molar-refractivity contribution in [2.75, 3.05) is 17.7 Å². The molecule has 6 heteroatoms. The zero-order valence-electron chi connectivity index (χ0n) is 23.0. The normalized spacial score (nSPS) is 15.6. The smallest absolute Gasteiger partial charge is 0.258 e. The predicted octanol–water partition coefficient (Wildman–Crippen LogP) is 7.71. The molecule has 5 nitrogen and oxygen atoms in total. The number of rotatable bonds is 5. The third kappa shape index (κ3) is 6.07. The Bertz CT molecular complexity index is 1280. The predicted molar refractivity (Wildman–Crippen MR) is 153 cm³/mol. The molecule has 4 rings (SSSR count). The second-order valence-electron chi connectivity index (χ2n) is 12.0. The van der Waals surface area contributed by atoms with Crippen LogP contribution in [0.2, 0.25) is 0 Å². The Balaban J connectivity index is 1.64. The number of benzene rings is 2. The van der Waals surface area contributed by atoms with Crippen molar-refractivity contribution in [3.63, 3.8) is 0 Å². The molecule has 196 valence electrons. The first-order valence-electron chi connectivity index (χ1n) is 12.9. The molecule has 3 aromatic rings. The van der Waals surface area contributed by atoms with Crippen molar-refractivity contribution in [2.45, 2.75) is 66.2 Å². The standard InChI is InChI=1S/C31H38N2O3S/c1-30(2,3)20-10-8-19(9-11-20)27(34)33-29-26(28(35)32-22-13-15-23(36-7)16-14-22)24-17-12-21(31(4,5)6)18-25(24)37-29/h8-11,13-16,21H,12,17-18H2,1-7H3,(H,32,35)(H,33,34). The van der Waals surface area contributed by atoms with Gasteiger partial charge < -0.3 is 15.4 Å². The van der Waals surface area contributed by atoms with E-state index in [9.17, 15) is 9.59 Å². The summed E-state index contributed by atoms with van der Waals surface area (Å²) in [5, 5.41) is 6.73. The lowest BCUT2D eigenvalue weighted by Gasteiger charge is -2.33. The molecule has 1 unspecified atom stereocenters. The highest BCUT2D eigenvalue weighted by atomic mass is 32.1. The van der Waals surface area contributed by atoms with Crippen molar-refractivity contribution in [3.8, 4) is 5.75 Å². The van der Waals surface area contributed by atoms with Gasteiger partial charge in [-0.05, 0) is 83.5 Å². The van der Waals surface area contributed by atoms with Crippen molar-refractivity contribution in [1.82, 2.24) is 0 Å². The van der Waals surface area contributed by atoms with Gasteiger partial charge in [-0.25, -0.2) is 0 Å². The molecule has 0 bridgehead atoms. The Hall–Kier alpha value is -3.12. The zero-order valence-corrected chi connectivity index (χ0v) is 23.8. The van der Waals surface area contributed by atoms with Crippen LogP contribution in [-0.2, 0) is 18.3 Å². The van der Waals surface area contributed by atoms with Crippen LogP contribution in [0, 0.1) is 11.3 Å². The summed E-state index contributed by atoms with van der Waals surface area (Å²) in [4.78, 5) is 28.1. The highest BCUT2D eigenvalue weighted by Gasteiger charge is 2.34. The molecule has 1 heterocycles. The molecule has 0 fully saturated rings. The number of carbonyl (C=O) groups is 2. The molecule has 1 aliphatic carbocycles. The van der Waals surface area contributed by atoms with Crippen LogP contribution < -0.4 is 15.4 Å². The molecular formula is C31H38N2O3S. The van der Waals surface area contributed by atoms with E-state index in [1.807, 2.05) is 48.5 Å². The Morgan fingerprint density at radius 3 is 2.11 bits per heavy atom. The molecule has 1 aliphatic rings. The molecule has 2 N–H and O–H groups in total. The lowest BCUT2D eigenvalue weighted by Crippen LogP contribution is -2.27. The number of nitrogens with one attached hydrogen (secondary N) is 2. The zero-order chi connectivity index (χ0) is 27.0. The summed E-state index contributed by atoms with van der Waals surface area (Å²) in [5.74, 6) is 0.856. The summed E-state index contributed by atoms with van der Waals surface area (Å²) in [6.45, 7) is 13.3. The number of amides is 2. The van der Waals surface area contributed by atoms with E-state index in [1.165, 1.54) is 10.4 Å². The summed E-state index contributed by atoms with van der Waals surface area (Å²) < 4.78 is 5.23. The average Bonchev–Trinajstić information content (AvgIpc) is 3.20. The molecular weight excluding hydrogens is 480 g/mol. The lowest BCUT2D eigenvalue weighted by atomic mass is 9.72. The quantitative estimate of drug-likeness (QED) is 0.363. The highest BCUT2D eigenvalue weighted by Crippen LogP contribution is 2.44. The van der Waals surface area contributed by atoms with E-state index in [1.54, 1.807) is 18.4 Å². The maximum absolute atomic E-state index is 13.6. The number of anilines is 2. The fourth-order valence-corrected chi connectivity index (χ4v) is 6.14. The summed E-state index contributed by atoms with van der Waals surface area (Å²) in [5.41, 5.74) is 4.28. The third-order valence-electron chi connectivity index (χ3n) is 7.31. The number of hydrogen-bond donors (Lipinski definition) is 2. The SMILES string of the molecule is COc1ccc(NC(=O)c2c(NC(=O)c3ccc(C(C)(C)C)cc3)sc3c2CCC(C(C)(C)C)C3)cc1. The van der Waals surface area contributed by atoms with Crippen molar-refractivity contribution in [2.24, 2.45) is 11.3 Å². The Labute approximate surface area is 224 Å². The van der Waals surface area contributed by atoms with Crippen LogP contribution in [0.3, 0.4) is 0 Å². The minimum Gasteiger partial charge on any atom is -0.497 e. The Morgan fingerprint density at radius 1 is 0.892 bits per heavy atom. The summed E-state index contributed by atoms with van der Waals surface area (Å²) in [6, 6.07) is 15.0. The summed E-state index contributed by atoms with van der Waals surface area (Å²) >= 11 is 1.54. The molecule has 0 spiro atoms. The lowest BCUT2D eigenvalue weighted by molar-refractivity contribution is 0.102. The average molecular weight is 519 g/mol. The number of thiophene rings is 1. The van der Waals surface area contributed by atoms with Gasteiger partial charge in [0.1, 0.15) is 10.8 Å². The van der Waals surface area contributed by atoms with Gasteiger partial charge in [0, 0.05) is 16.1 Å². The number of methoxy groups -OCH3 is 1. The molecule has 2 aromatic carbocycles. The van der Waals surface area contributed by atoms with Gasteiger partial charge in [0.2, 0.25) is 0 Å². The van der Waals surface area contributed by atoms with Crippen LogP contribution in [0.25, 0.3) is 0 Å². The van der Waals surface area contributed by atoms with E-state index in [2.05, 4.69) is 52.2 Å². The Kier molecular flexibility index (Phi) is 7.52. The molecule has 0 saturated carbocycles. The molecule has 1 aromatic heterocycles. The highest BCUT2D eigenvalue weighted by molar-refractivity contribution is 7.17. The number of ether oxygens (including phenoxy) is 1. The van der Waals surface area contributed by atoms with Crippen LogP contribution >= 0.6 is 11.3 Å². The van der Waals surface area contributed by atoms with E-state index in [0.717, 1.165) is 30.6 Å². The minimum absolute atomic E-state index is 0.0120. The van der Waals surface area contributed by atoms with Gasteiger partial charge >= 0.3 is 0 Å². The van der Waals surface area contributed by atoms with Gasteiger partial charge in [0.15, 0.2) is 0 Å². The van der Waals surface area contributed by atoms with Crippen LogP contribution in [0.4, 0.5) is 10.7 Å². The van der Waals surface area contributed by atoms with Gasteiger partial charge in [-0.2, -0.15) is 0 Å². The maximum Gasteiger partial charge on any atom is 0.258 e. The molecule has 2 amide bonds. The van der Waals surface area contributed by atoms with Crippen LogP contribution in [-0.4, -0.2) is 18.9 Å². The second-order valence-corrected chi connectivity index (χ2v) is 13.1. The first kappa shape index (κ1) is 26.9. The second kappa shape index (κ2) is 10.3. The van der Waals surface area contributed by atoms with Crippen LogP contribution in [0.15, 0.2) is 48.5 Å². The first-order valence-corrected chi connectivity index (χ1v) is 13.7. The molecule has 37 heavy (non-hydrogen) atoms. The van der Waals surface area contributed by atoms with Crippen molar-refractivity contribution < 1.29 is 14.3 Å². The first-order chi connectivity index (χ1) is 17.4. The van der Waals surface area contributed by atoms with Gasteiger partial charge in [0.25, 0.3) is 11.8 Å². The maximum atomic E-state index is 13.6. The molecule has 1 atom stereocenters. The van der Waals surface area contributed by atoms with E-state index >= 15 is 0 Å². The van der Waals surface area contributed by atoms with Crippen LogP contribution in [0.5, 0.6) is 5.75 Å². The number of hydrogen-bond acceptors (Lipinski definition) is 4. The van der Waals surface area contributed by atoms with E-state index in [0.29, 0.717) is 27.7 Å². The van der Waals surface area contributed by atoms with Gasteiger partial charge in [-0.15, -0.1) is 11.3 Å². The summed E-state index contributed by atoms with van der Waals surface area (Å²) in [6.07, 6.45) is 2.77. The molecule has 0 aliphatic heterocycles. The number of fused-ring (bicyclic) bond motifs is 1. The summed E-state index contributed by atoms with van der Waals surface area (Å²) in [7, 11) is 1.61. The van der Waals surface area contributed by atoms with E-state index in [-0.39, 0.29) is 22.6 Å². The molecule has 0 saturated heterocycles. The van der Waals surface area contributed by atoms with Gasteiger partial charge in [-0.3, -0.25) is 9.59 Å². The topological polar surface area (TPSA) is 67.4 Å². The van der Waals surface area contributed by atoms with Gasteiger partial charge in [-0.1, -0.05) is 53.7 Å². The monoisotopic (exact) mass is 518 g/mol. The fraction of sp³-hybridized carbons (Fsp3) is 0.419. The number of carbonyl (C=O) groups excluding carboxylic acids is 2. The Morgan fingerprint density at radius 2 is 1.54 bits per heavy atom.